The van der Waals surface area contributed by atoms with E-state index in [1.54, 1.807) is 0 Å². The van der Waals surface area contributed by atoms with Crippen LogP contribution >= 0.6 is 0 Å². The Labute approximate surface area is 139 Å². The van der Waals surface area contributed by atoms with E-state index in [1.165, 1.54) is 5.56 Å². The van der Waals surface area contributed by atoms with E-state index < -0.39 is 0 Å². The van der Waals surface area contributed by atoms with Crippen molar-refractivity contribution in [1.82, 2.24) is 15.3 Å². The third-order valence-electron chi connectivity index (χ3n) is 3.54. The molecule has 0 unspecified atom stereocenters. The Balaban J connectivity index is 0.000000231. The summed E-state index contributed by atoms with van der Waals surface area (Å²) in [6.07, 6.45) is 0. The van der Waals surface area contributed by atoms with Gasteiger partial charge in [-0.15, -0.1) is 0 Å². The second kappa shape index (κ2) is 8.27. The first-order valence-corrected chi connectivity index (χ1v) is 8.44. The van der Waals surface area contributed by atoms with Crippen molar-refractivity contribution in [3.8, 4) is 0 Å². The van der Waals surface area contributed by atoms with Crippen molar-refractivity contribution in [2.75, 3.05) is 0 Å². The molecule has 5 heteroatoms. The van der Waals surface area contributed by atoms with Crippen LogP contribution in [0.2, 0.25) is 0 Å². The molecule has 0 aliphatic heterocycles. The first-order chi connectivity index (χ1) is 10.6. The SMILES string of the molecule is CC(C)c1noc(C(C)C)n1.Cc1c(C(C)C)noc1C(C)C. The van der Waals surface area contributed by atoms with Crippen LogP contribution in [-0.2, 0) is 0 Å². The lowest BCUT2D eigenvalue weighted by Gasteiger charge is -2.01. The minimum atomic E-state index is 0.329. The highest BCUT2D eigenvalue weighted by atomic mass is 16.5. The Morgan fingerprint density at radius 2 is 1.30 bits per heavy atom. The molecule has 0 bridgehead atoms. The maximum absolute atomic E-state index is 5.27. The van der Waals surface area contributed by atoms with Gasteiger partial charge in [0.1, 0.15) is 5.76 Å². The maximum Gasteiger partial charge on any atom is 0.229 e. The van der Waals surface area contributed by atoms with E-state index in [0.29, 0.717) is 23.7 Å². The van der Waals surface area contributed by atoms with Gasteiger partial charge in [0.2, 0.25) is 5.89 Å². The Hall–Kier alpha value is -1.65. The van der Waals surface area contributed by atoms with Gasteiger partial charge in [-0.1, -0.05) is 65.7 Å². The highest BCUT2D eigenvalue weighted by Gasteiger charge is 2.16. The Bertz CT molecular complexity index is 547. The number of hydrogen-bond donors (Lipinski definition) is 0. The van der Waals surface area contributed by atoms with Gasteiger partial charge in [-0.25, -0.2) is 0 Å². The number of nitrogens with zero attached hydrogens (tertiary/aromatic N) is 3. The van der Waals surface area contributed by atoms with E-state index in [0.717, 1.165) is 23.2 Å². The van der Waals surface area contributed by atoms with Crippen LogP contribution in [-0.4, -0.2) is 15.3 Å². The molecule has 130 valence electrons. The Morgan fingerprint density at radius 3 is 1.57 bits per heavy atom. The Morgan fingerprint density at radius 1 is 0.696 bits per heavy atom. The Kier molecular flexibility index (Phi) is 6.98. The number of aromatic nitrogens is 3. The fourth-order valence-corrected chi connectivity index (χ4v) is 2.15. The van der Waals surface area contributed by atoms with Crippen LogP contribution in [0.25, 0.3) is 0 Å². The fourth-order valence-electron chi connectivity index (χ4n) is 2.15. The first kappa shape index (κ1) is 19.4. The summed E-state index contributed by atoms with van der Waals surface area (Å²) in [6, 6.07) is 0. The van der Waals surface area contributed by atoms with Gasteiger partial charge in [-0.2, -0.15) is 4.98 Å². The second-order valence-electron chi connectivity index (χ2n) is 7.17. The van der Waals surface area contributed by atoms with Gasteiger partial charge < -0.3 is 9.05 Å². The summed E-state index contributed by atoms with van der Waals surface area (Å²) < 4.78 is 10.3. The van der Waals surface area contributed by atoms with Crippen LogP contribution < -0.4 is 0 Å². The van der Waals surface area contributed by atoms with Crippen molar-refractivity contribution in [2.45, 2.75) is 86.0 Å². The van der Waals surface area contributed by atoms with Crippen LogP contribution in [0.15, 0.2) is 9.05 Å². The van der Waals surface area contributed by atoms with E-state index in [-0.39, 0.29) is 0 Å². The molecule has 0 atom stereocenters. The summed E-state index contributed by atoms with van der Waals surface area (Å²) in [5.74, 6) is 4.13. The van der Waals surface area contributed by atoms with Crippen LogP contribution in [0.5, 0.6) is 0 Å². The molecule has 0 radical (unpaired) electrons. The molecule has 5 nitrogen and oxygen atoms in total. The smallest absolute Gasteiger partial charge is 0.229 e. The van der Waals surface area contributed by atoms with E-state index in [9.17, 15) is 0 Å². The topological polar surface area (TPSA) is 65.0 Å². The van der Waals surface area contributed by atoms with Gasteiger partial charge >= 0.3 is 0 Å². The van der Waals surface area contributed by atoms with Gasteiger partial charge in [-0.3, -0.25) is 0 Å². The van der Waals surface area contributed by atoms with E-state index in [1.807, 2.05) is 13.8 Å². The molecule has 2 aromatic heterocycles. The number of hydrogen-bond acceptors (Lipinski definition) is 5. The highest BCUT2D eigenvalue weighted by molar-refractivity contribution is 5.25. The summed E-state index contributed by atoms with van der Waals surface area (Å²) in [4.78, 5) is 4.23. The molecule has 2 heterocycles. The zero-order valence-electron chi connectivity index (χ0n) is 16.0. The normalized spacial score (nSPS) is 11.5. The van der Waals surface area contributed by atoms with Crippen molar-refractivity contribution in [2.24, 2.45) is 0 Å². The van der Waals surface area contributed by atoms with Gasteiger partial charge in [0, 0.05) is 23.3 Å². The molecular weight excluding hydrogens is 290 g/mol. The third-order valence-corrected chi connectivity index (χ3v) is 3.54. The predicted octanol–water partition coefficient (Wildman–Crippen LogP) is 5.55. The van der Waals surface area contributed by atoms with Crippen molar-refractivity contribution >= 4 is 0 Å². The molecular formula is C18H31N3O2. The lowest BCUT2D eigenvalue weighted by molar-refractivity contribution is 0.359. The third kappa shape index (κ3) is 5.19. The minimum Gasteiger partial charge on any atom is -0.361 e. The van der Waals surface area contributed by atoms with Crippen molar-refractivity contribution < 1.29 is 9.05 Å². The molecule has 0 saturated carbocycles. The van der Waals surface area contributed by atoms with Gasteiger partial charge in [0.05, 0.1) is 5.69 Å². The summed E-state index contributed by atoms with van der Waals surface area (Å²) in [7, 11) is 0. The molecule has 0 saturated heterocycles. The molecule has 23 heavy (non-hydrogen) atoms. The lowest BCUT2D eigenvalue weighted by atomic mass is 10.0. The van der Waals surface area contributed by atoms with Crippen LogP contribution in [0.3, 0.4) is 0 Å². The first-order valence-electron chi connectivity index (χ1n) is 8.44. The molecule has 0 aliphatic rings. The quantitative estimate of drug-likeness (QED) is 0.739. The second-order valence-corrected chi connectivity index (χ2v) is 7.17. The van der Waals surface area contributed by atoms with Gasteiger partial charge in [0.15, 0.2) is 5.82 Å². The molecule has 2 aromatic rings. The molecule has 2 rings (SSSR count). The average molecular weight is 321 g/mol. The van der Waals surface area contributed by atoms with Crippen LogP contribution in [0, 0.1) is 6.92 Å². The summed E-state index contributed by atoms with van der Waals surface area (Å²) in [5.41, 5.74) is 2.32. The molecule has 0 fully saturated rings. The molecule has 0 aromatic carbocycles. The van der Waals surface area contributed by atoms with Crippen molar-refractivity contribution in [3.63, 3.8) is 0 Å². The van der Waals surface area contributed by atoms with E-state index >= 15 is 0 Å². The summed E-state index contributed by atoms with van der Waals surface area (Å²) in [6.45, 7) is 18.8. The zero-order chi connectivity index (χ0) is 17.7. The van der Waals surface area contributed by atoms with Crippen molar-refractivity contribution in [1.29, 1.82) is 0 Å². The molecule has 0 aliphatic carbocycles. The molecule has 0 N–H and O–H groups in total. The maximum atomic E-state index is 5.27. The monoisotopic (exact) mass is 321 g/mol. The highest BCUT2D eigenvalue weighted by Crippen LogP contribution is 2.25. The number of rotatable bonds is 4. The zero-order valence-corrected chi connectivity index (χ0v) is 16.0. The minimum absolute atomic E-state index is 0.329. The van der Waals surface area contributed by atoms with Gasteiger partial charge in [0.25, 0.3) is 0 Å². The average Bonchev–Trinajstić information content (AvgIpc) is 3.05. The van der Waals surface area contributed by atoms with Gasteiger partial charge in [-0.05, 0) is 12.8 Å². The summed E-state index contributed by atoms with van der Waals surface area (Å²) >= 11 is 0. The van der Waals surface area contributed by atoms with Crippen LogP contribution in [0.4, 0.5) is 0 Å². The van der Waals surface area contributed by atoms with E-state index in [4.69, 9.17) is 9.05 Å². The van der Waals surface area contributed by atoms with Crippen LogP contribution in [0.1, 0.15) is 108 Å². The summed E-state index contributed by atoms with van der Waals surface area (Å²) in [5, 5.41) is 7.91. The fraction of sp³-hybridized carbons (Fsp3) is 0.722. The van der Waals surface area contributed by atoms with E-state index in [2.05, 4.69) is 63.8 Å². The standard InChI is InChI=1S/C10H17NO.C8H14N2O/c1-6(2)9-8(5)10(7(3)4)12-11-9;1-5(2)7-9-8(6(3)4)11-10-7/h6-7H,1-5H3;5-6H,1-4H3. The largest absolute Gasteiger partial charge is 0.361 e. The lowest BCUT2D eigenvalue weighted by Crippen LogP contribution is -1.92. The van der Waals surface area contributed by atoms with Crippen molar-refractivity contribution in [3.05, 3.63) is 28.7 Å². The molecule has 0 amide bonds. The predicted molar refractivity (Wildman–Crippen MR) is 91.9 cm³/mol. The molecule has 0 spiro atoms.